The fourth-order valence-electron chi connectivity index (χ4n) is 5.66. The number of thiazole rings is 1. The van der Waals surface area contributed by atoms with E-state index in [2.05, 4.69) is 24.9 Å². The van der Waals surface area contributed by atoms with E-state index in [0.29, 0.717) is 39.9 Å². The standard InChI is InChI=1S/C32H32F2N4O4S2/c1-32(2)11-9-20(10-12-32)22-16-21(6-7-24(22)33)29-23(13-19-5-8-28(25(34)14-19)44(35,41)42)27(15-18-3-4-18)38(37-29)31-36-26(17-43-31)30(39)40/h5-9,14,16-18H,3-4,10-13,15H2,1-2H3,(H,39,40)(H2,35,41,42). The van der Waals surface area contributed by atoms with Crippen molar-refractivity contribution in [1.82, 2.24) is 14.8 Å². The van der Waals surface area contributed by atoms with Gasteiger partial charge in [0, 0.05) is 28.5 Å². The molecule has 0 bridgehead atoms. The number of aromatic carboxylic acids is 1. The third-order valence-electron chi connectivity index (χ3n) is 8.40. The van der Waals surface area contributed by atoms with Gasteiger partial charge in [-0.05, 0) is 91.3 Å². The summed E-state index contributed by atoms with van der Waals surface area (Å²) in [6.45, 7) is 4.39. The van der Waals surface area contributed by atoms with Crippen LogP contribution < -0.4 is 5.14 Å². The van der Waals surface area contributed by atoms with Crippen molar-refractivity contribution < 1.29 is 27.1 Å². The number of aromatic nitrogens is 3. The molecule has 1 saturated carbocycles. The second kappa shape index (κ2) is 11.3. The Labute approximate surface area is 258 Å². The molecule has 6 rings (SSSR count). The Kier molecular flexibility index (Phi) is 7.79. The highest BCUT2D eigenvalue weighted by Gasteiger charge is 2.30. The Morgan fingerprint density at radius 2 is 1.93 bits per heavy atom. The Morgan fingerprint density at radius 3 is 2.55 bits per heavy atom. The number of hydrogen-bond donors (Lipinski definition) is 2. The minimum atomic E-state index is -4.24. The molecule has 2 aromatic carbocycles. The topological polar surface area (TPSA) is 128 Å². The Hall–Kier alpha value is -3.74. The fourth-order valence-corrected chi connectivity index (χ4v) is 7.02. The SMILES string of the molecule is CC1(C)CC=C(c2cc(-c3nn(-c4nc(C(=O)O)cs4)c(CC4CC4)c3Cc3ccc(S(N)(=O)=O)c(F)c3)ccc2F)CC1. The molecule has 2 aliphatic carbocycles. The van der Waals surface area contributed by atoms with Crippen molar-refractivity contribution in [2.75, 3.05) is 0 Å². The molecule has 0 aliphatic heterocycles. The largest absolute Gasteiger partial charge is 0.476 e. The van der Waals surface area contributed by atoms with E-state index in [9.17, 15) is 22.7 Å². The molecule has 0 amide bonds. The Morgan fingerprint density at radius 1 is 1.16 bits per heavy atom. The minimum Gasteiger partial charge on any atom is -0.476 e. The molecule has 44 heavy (non-hydrogen) atoms. The second-order valence-corrected chi connectivity index (χ2v) is 14.8. The van der Waals surface area contributed by atoms with Crippen LogP contribution in [0.3, 0.4) is 0 Å². The van der Waals surface area contributed by atoms with Crippen molar-refractivity contribution in [1.29, 1.82) is 0 Å². The van der Waals surface area contributed by atoms with Crippen LogP contribution in [0.15, 0.2) is 52.7 Å². The van der Waals surface area contributed by atoms with Crippen LogP contribution in [0.2, 0.25) is 0 Å². The number of carboxylic acid groups (broad SMARTS) is 1. The maximum Gasteiger partial charge on any atom is 0.355 e. The summed E-state index contributed by atoms with van der Waals surface area (Å²) in [6.07, 6.45) is 7.51. The summed E-state index contributed by atoms with van der Waals surface area (Å²) in [7, 11) is -4.24. The van der Waals surface area contributed by atoms with Gasteiger partial charge in [0.05, 0.1) is 11.4 Å². The molecule has 8 nitrogen and oxygen atoms in total. The zero-order valence-electron chi connectivity index (χ0n) is 24.3. The number of allylic oxidation sites excluding steroid dienone is 2. The zero-order valence-corrected chi connectivity index (χ0v) is 25.9. The van der Waals surface area contributed by atoms with E-state index >= 15 is 4.39 Å². The summed E-state index contributed by atoms with van der Waals surface area (Å²) in [5.74, 6) is -2.03. The third-order valence-corrected chi connectivity index (χ3v) is 10.2. The number of nitrogens with zero attached hydrogens (tertiary/aromatic N) is 3. The molecule has 230 valence electrons. The third kappa shape index (κ3) is 6.24. The molecule has 0 unspecified atom stereocenters. The van der Waals surface area contributed by atoms with Crippen molar-refractivity contribution in [3.63, 3.8) is 0 Å². The molecule has 0 atom stereocenters. The molecule has 2 aromatic heterocycles. The van der Waals surface area contributed by atoms with Crippen LogP contribution in [0, 0.1) is 23.0 Å². The van der Waals surface area contributed by atoms with Crippen molar-refractivity contribution in [3.8, 4) is 16.4 Å². The summed E-state index contributed by atoms with van der Waals surface area (Å²) in [5, 5.41) is 21.5. The van der Waals surface area contributed by atoms with Crippen molar-refractivity contribution in [2.24, 2.45) is 16.5 Å². The highest BCUT2D eigenvalue weighted by atomic mass is 32.2. The van der Waals surface area contributed by atoms with E-state index in [0.717, 1.165) is 72.4 Å². The first kappa shape index (κ1) is 30.3. The van der Waals surface area contributed by atoms with Gasteiger partial charge in [0.1, 0.15) is 16.5 Å². The number of nitrogens with two attached hydrogens (primary N) is 1. The molecule has 4 aromatic rings. The van der Waals surface area contributed by atoms with E-state index in [1.165, 1.54) is 17.5 Å². The number of halogens is 2. The highest BCUT2D eigenvalue weighted by Crippen LogP contribution is 2.41. The van der Waals surface area contributed by atoms with Crippen LogP contribution >= 0.6 is 11.3 Å². The lowest BCUT2D eigenvalue weighted by molar-refractivity contribution is 0.0691. The molecule has 0 spiro atoms. The van der Waals surface area contributed by atoms with Gasteiger partial charge in [0.2, 0.25) is 15.2 Å². The smallest absolute Gasteiger partial charge is 0.355 e. The van der Waals surface area contributed by atoms with Gasteiger partial charge in [-0.3, -0.25) is 0 Å². The molecule has 1 fully saturated rings. The molecule has 2 aliphatic rings. The molecule has 2 heterocycles. The maximum absolute atomic E-state index is 15.3. The van der Waals surface area contributed by atoms with Gasteiger partial charge in [-0.2, -0.15) is 5.10 Å². The summed E-state index contributed by atoms with van der Waals surface area (Å²) in [5.41, 5.74) is 4.75. The summed E-state index contributed by atoms with van der Waals surface area (Å²) in [6, 6.07) is 8.71. The monoisotopic (exact) mass is 638 g/mol. The van der Waals surface area contributed by atoms with Gasteiger partial charge in [0.15, 0.2) is 5.69 Å². The van der Waals surface area contributed by atoms with Crippen molar-refractivity contribution in [2.45, 2.75) is 63.7 Å². The van der Waals surface area contributed by atoms with Gasteiger partial charge < -0.3 is 5.11 Å². The number of benzene rings is 2. The van der Waals surface area contributed by atoms with Gasteiger partial charge in [-0.15, -0.1) is 11.3 Å². The number of hydrogen-bond acceptors (Lipinski definition) is 6. The Bertz CT molecular complexity index is 1920. The lowest BCUT2D eigenvalue weighted by Crippen LogP contribution is -2.14. The molecular weight excluding hydrogens is 607 g/mol. The fraction of sp³-hybridized carbons (Fsp3) is 0.344. The van der Waals surface area contributed by atoms with Gasteiger partial charge >= 0.3 is 5.97 Å². The number of carbonyl (C=O) groups is 1. The average molecular weight is 639 g/mol. The summed E-state index contributed by atoms with van der Waals surface area (Å²) < 4.78 is 55.5. The lowest BCUT2D eigenvalue weighted by Gasteiger charge is -2.29. The van der Waals surface area contributed by atoms with Gasteiger partial charge in [0.25, 0.3) is 0 Å². The van der Waals surface area contributed by atoms with E-state index in [1.807, 2.05) is 0 Å². The van der Waals surface area contributed by atoms with Crippen LogP contribution in [0.4, 0.5) is 8.78 Å². The second-order valence-electron chi connectivity index (χ2n) is 12.4. The van der Waals surface area contributed by atoms with Gasteiger partial charge in [-0.25, -0.2) is 36.8 Å². The van der Waals surface area contributed by atoms with Crippen LogP contribution in [-0.4, -0.2) is 34.3 Å². The number of primary sulfonamides is 1. The van der Waals surface area contributed by atoms with E-state index in [1.54, 1.807) is 16.8 Å². The number of carboxylic acids is 1. The predicted octanol–water partition coefficient (Wildman–Crippen LogP) is 6.76. The quantitative estimate of drug-likeness (QED) is 0.209. The highest BCUT2D eigenvalue weighted by molar-refractivity contribution is 7.89. The van der Waals surface area contributed by atoms with Crippen LogP contribution in [0.25, 0.3) is 22.0 Å². The zero-order chi connectivity index (χ0) is 31.4. The first-order valence-electron chi connectivity index (χ1n) is 14.4. The number of rotatable bonds is 9. The molecule has 0 radical (unpaired) electrons. The van der Waals surface area contributed by atoms with Crippen molar-refractivity contribution >= 4 is 32.9 Å². The summed E-state index contributed by atoms with van der Waals surface area (Å²) >= 11 is 1.15. The van der Waals surface area contributed by atoms with E-state index in [-0.39, 0.29) is 23.3 Å². The van der Waals surface area contributed by atoms with E-state index in [4.69, 9.17) is 10.2 Å². The molecule has 0 saturated heterocycles. The maximum atomic E-state index is 15.3. The van der Waals surface area contributed by atoms with Crippen LogP contribution in [0.5, 0.6) is 0 Å². The van der Waals surface area contributed by atoms with Gasteiger partial charge in [-0.1, -0.05) is 26.0 Å². The molecular formula is C32H32F2N4O4S2. The Balaban J connectivity index is 1.51. The average Bonchev–Trinajstić information content (AvgIpc) is 3.51. The number of sulfonamides is 1. The summed E-state index contributed by atoms with van der Waals surface area (Å²) in [4.78, 5) is 15.3. The first-order chi connectivity index (χ1) is 20.8. The van der Waals surface area contributed by atoms with Crippen molar-refractivity contribution in [3.05, 3.63) is 87.6 Å². The van der Waals surface area contributed by atoms with Crippen LogP contribution in [-0.2, 0) is 22.9 Å². The predicted molar refractivity (Wildman–Crippen MR) is 164 cm³/mol. The lowest BCUT2D eigenvalue weighted by atomic mass is 9.77. The molecule has 12 heteroatoms. The van der Waals surface area contributed by atoms with E-state index < -0.39 is 26.7 Å². The normalized spacial score (nSPS) is 16.6. The van der Waals surface area contributed by atoms with Crippen LogP contribution in [0.1, 0.15) is 78.8 Å². The minimum absolute atomic E-state index is 0.0992. The molecule has 3 N–H and O–H groups in total. The first-order valence-corrected chi connectivity index (χ1v) is 16.8.